The smallest absolute Gasteiger partial charge is 0.305 e. The van der Waals surface area contributed by atoms with E-state index >= 15 is 0 Å². The molecule has 9 heavy (non-hydrogen) atoms. The minimum atomic E-state index is -1.09. The Morgan fingerprint density at radius 3 is 2.67 bits per heavy atom. The van der Waals surface area contributed by atoms with Gasteiger partial charge in [0.25, 0.3) is 0 Å². The number of ether oxygens (including phenoxy) is 1. The van der Waals surface area contributed by atoms with Crippen LogP contribution >= 0.6 is 0 Å². The zero-order valence-corrected chi connectivity index (χ0v) is 5.50. The van der Waals surface area contributed by atoms with Gasteiger partial charge in [-0.1, -0.05) is 6.08 Å². The third-order valence-corrected chi connectivity index (χ3v) is 0.644. The van der Waals surface area contributed by atoms with Gasteiger partial charge < -0.3 is 9.84 Å². The zero-order chi connectivity index (χ0) is 7.28. The van der Waals surface area contributed by atoms with Gasteiger partial charge in [0.15, 0.2) is 0 Å². The van der Waals surface area contributed by atoms with Gasteiger partial charge in [0, 0.05) is 6.92 Å². The van der Waals surface area contributed by atoms with Crippen LogP contribution < -0.4 is 0 Å². The van der Waals surface area contributed by atoms with E-state index < -0.39 is 12.3 Å². The summed E-state index contributed by atoms with van der Waals surface area (Å²) in [6, 6.07) is 0. The molecule has 3 heteroatoms. The molecule has 0 fully saturated rings. The summed E-state index contributed by atoms with van der Waals surface area (Å²) in [5.41, 5.74) is 0. The molecular weight excluding hydrogens is 120 g/mol. The highest BCUT2D eigenvalue weighted by Crippen LogP contribution is 1.88. The van der Waals surface area contributed by atoms with Gasteiger partial charge in [-0.05, 0) is 13.0 Å². The summed E-state index contributed by atoms with van der Waals surface area (Å²) in [4.78, 5) is 10.1. The van der Waals surface area contributed by atoms with Crippen molar-refractivity contribution in [3.8, 4) is 0 Å². The average Bonchev–Trinajstić information content (AvgIpc) is 1.63. The monoisotopic (exact) mass is 130 g/mol. The normalized spacial score (nSPS) is 13.7. The van der Waals surface area contributed by atoms with E-state index in [1.807, 2.05) is 0 Å². The van der Waals surface area contributed by atoms with Gasteiger partial charge in [-0.15, -0.1) is 0 Å². The minimum absolute atomic E-state index is 0.486. The van der Waals surface area contributed by atoms with Crippen molar-refractivity contribution in [3.05, 3.63) is 12.2 Å². The number of aliphatic hydroxyl groups excluding tert-OH is 1. The fourth-order valence-electron chi connectivity index (χ4n) is 0.374. The van der Waals surface area contributed by atoms with Crippen molar-refractivity contribution < 1.29 is 14.6 Å². The van der Waals surface area contributed by atoms with E-state index in [0.717, 1.165) is 0 Å². The zero-order valence-electron chi connectivity index (χ0n) is 5.50. The van der Waals surface area contributed by atoms with Gasteiger partial charge in [-0.3, -0.25) is 4.79 Å². The number of esters is 1. The molecule has 3 nitrogen and oxygen atoms in total. The Morgan fingerprint density at radius 2 is 2.33 bits per heavy atom. The van der Waals surface area contributed by atoms with Crippen LogP contribution in [0.5, 0.6) is 0 Å². The topological polar surface area (TPSA) is 46.5 Å². The number of allylic oxidation sites excluding steroid dienone is 1. The lowest BCUT2D eigenvalue weighted by molar-refractivity contribution is -0.157. The predicted octanol–water partition coefficient (Wildman–Crippen LogP) is 0.444. The summed E-state index contributed by atoms with van der Waals surface area (Å²) in [5.74, 6) is -0.486. The third kappa shape index (κ3) is 5.03. The molecule has 0 rings (SSSR count). The van der Waals surface area contributed by atoms with Crippen LogP contribution in [0.15, 0.2) is 12.2 Å². The SMILES string of the molecule is CC=CC(O)OC(C)=O. The standard InChI is InChI=1S/C6H10O3/c1-3-4-6(8)9-5(2)7/h3-4,6,8H,1-2H3. The Balaban J connectivity index is 3.50. The first-order chi connectivity index (χ1) is 4.16. The molecule has 0 saturated heterocycles. The van der Waals surface area contributed by atoms with E-state index in [9.17, 15) is 4.79 Å². The Bertz CT molecular complexity index is 117. The summed E-state index contributed by atoms with van der Waals surface area (Å²) < 4.78 is 4.32. The maximum absolute atomic E-state index is 10.1. The quantitative estimate of drug-likeness (QED) is 0.335. The second-order valence-electron chi connectivity index (χ2n) is 1.53. The molecule has 0 aromatic rings. The summed E-state index contributed by atoms with van der Waals surface area (Å²) in [6.45, 7) is 2.97. The summed E-state index contributed by atoms with van der Waals surface area (Å²) in [6.07, 6.45) is 1.89. The Labute approximate surface area is 53.9 Å². The van der Waals surface area contributed by atoms with Crippen molar-refractivity contribution >= 4 is 5.97 Å². The van der Waals surface area contributed by atoms with Gasteiger partial charge in [-0.25, -0.2) is 0 Å². The Kier molecular flexibility index (Phi) is 3.71. The molecule has 0 aromatic heterocycles. The first-order valence-electron chi connectivity index (χ1n) is 2.65. The Hall–Kier alpha value is -0.830. The van der Waals surface area contributed by atoms with Crippen molar-refractivity contribution in [2.24, 2.45) is 0 Å². The second kappa shape index (κ2) is 4.09. The van der Waals surface area contributed by atoms with Crippen LogP contribution in [-0.4, -0.2) is 17.4 Å². The van der Waals surface area contributed by atoms with Crippen LogP contribution in [0.1, 0.15) is 13.8 Å². The van der Waals surface area contributed by atoms with E-state index in [-0.39, 0.29) is 0 Å². The largest absolute Gasteiger partial charge is 0.432 e. The fourth-order valence-corrected chi connectivity index (χ4v) is 0.374. The summed E-state index contributed by atoms with van der Waals surface area (Å²) >= 11 is 0. The molecule has 0 aliphatic rings. The number of rotatable bonds is 2. The molecule has 52 valence electrons. The van der Waals surface area contributed by atoms with Crippen LogP contribution in [0.4, 0.5) is 0 Å². The van der Waals surface area contributed by atoms with Crippen LogP contribution in [0.2, 0.25) is 0 Å². The molecule has 0 aliphatic carbocycles. The number of aliphatic hydroxyl groups is 1. The van der Waals surface area contributed by atoms with Gasteiger partial charge in [-0.2, -0.15) is 0 Å². The van der Waals surface area contributed by atoms with E-state index in [1.165, 1.54) is 13.0 Å². The lowest BCUT2D eigenvalue weighted by Gasteiger charge is -2.03. The minimum Gasteiger partial charge on any atom is -0.432 e. The van der Waals surface area contributed by atoms with Gasteiger partial charge in [0.05, 0.1) is 0 Å². The highest BCUT2D eigenvalue weighted by Gasteiger charge is 1.99. The molecule has 0 saturated carbocycles. The second-order valence-corrected chi connectivity index (χ2v) is 1.53. The van der Waals surface area contributed by atoms with Crippen molar-refractivity contribution in [3.63, 3.8) is 0 Å². The molecule has 1 atom stereocenters. The maximum atomic E-state index is 10.1. The van der Waals surface area contributed by atoms with Crippen molar-refractivity contribution in [1.29, 1.82) is 0 Å². The van der Waals surface area contributed by atoms with E-state index in [1.54, 1.807) is 13.0 Å². The highest BCUT2D eigenvalue weighted by atomic mass is 16.6. The van der Waals surface area contributed by atoms with Gasteiger partial charge in [0.2, 0.25) is 6.29 Å². The summed E-state index contributed by atoms with van der Waals surface area (Å²) in [5, 5.41) is 8.69. The van der Waals surface area contributed by atoms with Crippen molar-refractivity contribution in [2.45, 2.75) is 20.1 Å². The molecule has 0 radical (unpaired) electrons. The van der Waals surface area contributed by atoms with Crippen LogP contribution in [0.25, 0.3) is 0 Å². The fraction of sp³-hybridized carbons (Fsp3) is 0.500. The number of hydrogen-bond acceptors (Lipinski definition) is 3. The number of hydrogen-bond donors (Lipinski definition) is 1. The first kappa shape index (κ1) is 8.17. The molecule has 0 spiro atoms. The van der Waals surface area contributed by atoms with Gasteiger partial charge >= 0.3 is 5.97 Å². The molecule has 0 heterocycles. The number of carbonyl (C=O) groups is 1. The lowest BCUT2D eigenvalue weighted by Crippen LogP contribution is -2.11. The van der Waals surface area contributed by atoms with E-state index in [2.05, 4.69) is 4.74 Å². The van der Waals surface area contributed by atoms with Crippen LogP contribution in [0, 0.1) is 0 Å². The highest BCUT2D eigenvalue weighted by molar-refractivity contribution is 5.66. The van der Waals surface area contributed by atoms with Crippen LogP contribution in [0.3, 0.4) is 0 Å². The average molecular weight is 130 g/mol. The molecule has 0 aromatic carbocycles. The Morgan fingerprint density at radius 1 is 1.78 bits per heavy atom. The molecule has 0 amide bonds. The number of carbonyl (C=O) groups excluding carboxylic acids is 1. The third-order valence-electron chi connectivity index (χ3n) is 0.644. The molecule has 1 unspecified atom stereocenters. The van der Waals surface area contributed by atoms with Gasteiger partial charge in [0.1, 0.15) is 0 Å². The van der Waals surface area contributed by atoms with E-state index in [0.29, 0.717) is 0 Å². The molecule has 0 bridgehead atoms. The van der Waals surface area contributed by atoms with Crippen LogP contribution in [-0.2, 0) is 9.53 Å². The maximum Gasteiger partial charge on any atom is 0.305 e. The first-order valence-corrected chi connectivity index (χ1v) is 2.65. The predicted molar refractivity (Wildman–Crippen MR) is 32.6 cm³/mol. The summed E-state index contributed by atoms with van der Waals surface area (Å²) in [7, 11) is 0. The molecule has 1 N–H and O–H groups in total. The molecular formula is C6H10O3. The van der Waals surface area contributed by atoms with Crippen molar-refractivity contribution in [2.75, 3.05) is 0 Å². The lowest BCUT2D eigenvalue weighted by atomic mass is 10.5. The molecule has 0 aliphatic heterocycles. The van der Waals surface area contributed by atoms with E-state index in [4.69, 9.17) is 5.11 Å². The van der Waals surface area contributed by atoms with Crippen molar-refractivity contribution in [1.82, 2.24) is 0 Å².